The molecule has 3 atom stereocenters. The van der Waals surface area contributed by atoms with Gasteiger partial charge in [-0.3, -0.25) is 0 Å². The van der Waals surface area contributed by atoms with Crippen LogP contribution >= 0.6 is 0 Å². The second-order valence-electron chi connectivity index (χ2n) is 10.2. The van der Waals surface area contributed by atoms with Gasteiger partial charge in [0.1, 0.15) is 0 Å². The summed E-state index contributed by atoms with van der Waals surface area (Å²) in [5.41, 5.74) is 6.90. The zero-order valence-electron chi connectivity index (χ0n) is 18.2. The molecule has 1 nitrogen and oxygen atoms in total. The van der Waals surface area contributed by atoms with Crippen LogP contribution in [-0.2, 0) is 18.4 Å². The van der Waals surface area contributed by atoms with Gasteiger partial charge in [-0.1, -0.05) is 82.6 Å². The average Bonchev–Trinajstić information content (AvgIpc) is 2.68. The predicted molar refractivity (Wildman–Crippen MR) is 120 cm³/mol. The summed E-state index contributed by atoms with van der Waals surface area (Å²) in [6, 6.07) is 18.2. The monoisotopic (exact) mass is 375 g/mol. The second kappa shape index (κ2) is 7.67. The highest BCUT2D eigenvalue weighted by Crippen LogP contribution is 2.57. The van der Waals surface area contributed by atoms with Gasteiger partial charge in [0.25, 0.3) is 0 Å². The largest absolute Gasteiger partial charge is 0.312 e. The van der Waals surface area contributed by atoms with Crippen molar-refractivity contribution in [2.75, 3.05) is 6.54 Å². The van der Waals surface area contributed by atoms with Gasteiger partial charge >= 0.3 is 0 Å². The highest BCUT2D eigenvalue weighted by Gasteiger charge is 2.51. The Morgan fingerprint density at radius 3 is 2.57 bits per heavy atom. The minimum Gasteiger partial charge on any atom is -0.312 e. The molecule has 2 aromatic carbocycles. The molecule has 1 heteroatoms. The molecule has 1 fully saturated rings. The molecule has 2 aliphatic rings. The van der Waals surface area contributed by atoms with E-state index in [9.17, 15) is 0 Å². The van der Waals surface area contributed by atoms with Gasteiger partial charge in [0.05, 0.1) is 0 Å². The number of hydrogen-bond donors (Lipinski definition) is 1. The lowest BCUT2D eigenvalue weighted by Gasteiger charge is -2.55. The fraction of sp³-hybridized carbons (Fsp3) is 0.556. The average molecular weight is 376 g/mol. The number of benzene rings is 2. The standard InChI is InChI=1S/C27H37N/c1-20(2)22-11-13-24-23(17-22)12-14-25-26(3,15-8-16-27(24,25)4)19-28-18-21-9-6-5-7-10-21/h5-7,9-11,13,17,20,25,28H,8,12,14-16,18-19H2,1-4H3/t25?,26-,27+/m0/s1. The van der Waals surface area contributed by atoms with Crippen molar-refractivity contribution >= 4 is 0 Å². The zero-order chi connectivity index (χ0) is 19.8. The third-order valence-electron chi connectivity index (χ3n) is 7.87. The first-order chi connectivity index (χ1) is 13.4. The van der Waals surface area contributed by atoms with Crippen molar-refractivity contribution in [1.29, 1.82) is 0 Å². The molecule has 150 valence electrons. The maximum atomic E-state index is 3.81. The Balaban J connectivity index is 1.54. The van der Waals surface area contributed by atoms with E-state index < -0.39 is 0 Å². The quantitative estimate of drug-likeness (QED) is 0.620. The van der Waals surface area contributed by atoms with Crippen molar-refractivity contribution in [3.63, 3.8) is 0 Å². The van der Waals surface area contributed by atoms with E-state index in [0.717, 1.165) is 19.0 Å². The molecule has 0 bridgehead atoms. The van der Waals surface area contributed by atoms with Gasteiger partial charge in [0, 0.05) is 13.1 Å². The summed E-state index contributed by atoms with van der Waals surface area (Å²) in [6.45, 7) is 11.9. The molecule has 0 saturated heterocycles. The van der Waals surface area contributed by atoms with Crippen LogP contribution in [0.3, 0.4) is 0 Å². The van der Waals surface area contributed by atoms with Gasteiger partial charge in [-0.2, -0.15) is 0 Å². The Morgan fingerprint density at radius 1 is 1.04 bits per heavy atom. The normalized spacial score (nSPS) is 29.4. The summed E-state index contributed by atoms with van der Waals surface area (Å²) in [4.78, 5) is 0. The van der Waals surface area contributed by atoms with Crippen LogP contribution in [0.4, 0.5) is 0 Å². The van der Waals surface area contributed by atoms with Crippen molar-refractivity contribution in [2.45, 2.75) is 77.7 Å². The molecule has 0 amide bonds. The molecule has 2 aliphatic carbocycles. The van der Waals surface area contributed by atoms with Gasteiger partial charge in [-0.15, -0.1) is 0 Å². The van der Waals surface area contributed by atoms with E-state index in [0.29, 0.717) is 16.7 Å². The van der Waals surface area contributed by atoms with Crippen molar-refractivity contribution in [3.8, 4) is 0 Å². The summed E-state index contributed by atoms with van der Waals surface area (Å²) in [6.07, 6.45) is 6.65. The molecule has 0 spiro atoms. The molecular formula is C27H37N. The lowest BCUT2D eigenvalue weighted by Crippen LogP contribution is -2.52. The molecule has 0 aliphatic heterocycles. The minimum atomic E-state index is 0.338. The number of nitrogens with one attached hydrogen (secondary N) is 1. The lowest BCUT2D eigenvalue weighted by molar-refractivity contribution is 0.0257. The molecule has 0 radical (unpaired) electrons. The highest BCUT2D eigenvalue weighted by molar-refractivity contribution is 5.42. The van der Waals surface area contributed by atoms with E-state index in [4.69, 9.17) is 0 Å². The fourth-order valence-electron chi connectivity index (χ4n) is 6.30. The van der Waals surface area contributed by atoms with E-state index in [-0.39, 0.29) is 0 Å². The number of hydrogen-bond acceptors (Lipinski definition) is 1. The number of fused-ring (bicyclic) bond motifs is 3. The Labute approximate surface area is 172 Å². The van der Waals surface area contributed by atoms with E-state index in [1.165, 1.54) is 43.2 Å². The third-order valence-corrected chi connectivity index (χ3v) is 7.87. The molecule has 1 saturated carbocycles. The molecule has 28 heavy (non-hydrogen) atoms. The third kappa shape index (κ3) is 3.54. The van der Waals surface area contributed by atoms with Gasteiger partial charge in [0.2, 0.25) is 0 Å². The summed E-state index contributed by atoms with van der Waals surface area (Å²) < 4.78 is 0. The van der Waals surface area contributed by atoms with Crippen LogP contribution in [0.2, 0.25) is 0 Å². The molecule has 0 heterocycles. The topological polar surface area (TPSA) is 12.0 Å². The SMILES string of the molecule is CC(C)c1ccc2c(c1)CCC1[C@](C)(CNCc3ccccc3)CCC[C@]21C. The molecule has 0 aromatic heterocycles. The van der Waals surface area contributed by atoms with Crippen LogP contribution in [0.5, 0.6) is 0 Å². The van der Waals surface area contributed by atoms with Crippen LogP contribution in [0.1, 0.15) is 81.5 Å². The molecule has 1 N–H and O–H groups in total. The molecule has 4 rings (SSSR count). The fourth-order valence-corrected chi connectivity index (χ4v) is 6.30. The van der Waals surface area contributed by atoms with E-state index in [1.54, 1.807) is 11.1 Å². The zero-order valence-corrected chi connectivity index (χ0v) is 18.2. The van der Waals surface area contributed by atoms with Crippen LogP contribution in [0.15, 0.2) is 48.5 Å². The Kier molecular flexibility index (Phi) is 5.40. The van der Waals surface area contributed by atoms with Gasteiger partial charge in [0.15, 0.2) is 0 Å². The van der Waals surface area contributed by atoms with Gasteiger partial charge in [-0.25, -0.2) is 0 Å². The summed E-state index contributed by atoms with van der Waals surface area (Å²) in [5.74, 6) is 1.39. The predicted octanol–water partition coefficient (Wildman–Crippen LogP) is 6.61. The number of rotatable bonds is 5. The van der Waals surface area contributed by atoms with E-state index >= 15 is 0 Å². The Morgan fingerprint density at radius 2 is 1.82 bits per heavy atom. The highest BCUT2D eigenvalue weighted by atomic mass is 14.9. The van der Waals surface area contributed by atoms with E-state index in [1.807, 2.05) is 0 Å². The maximum absolute atomic E-state index is 3.81. The van der Waals surface area contributed by atoms with Crippen LogP contribution < -0.4 is 5.32 Å². The molecular weight excluding hydrogens is 338 g/mol. The second-order valence-corrected chi connectivity index (χ2v) is 10.2. The van der Waals surface area contributed by atoms with Gasteiger partial charge < -0.3 is 5.32 Å². The van der Waals surface area contributed by atoms with Crippen LogP contribution in [-0.4, -0.2) is 6.54 Å². The van der Waals surface area contributed by atoms with Gasteiger partial charge in [-0.05, 0) is 70.6 Å². The summed E-state index contributed by atoms with van der Waals surface area (Å²) >= 11 is 0. The van der Waals surface area contributed by atoms with Crippen molar-refractivity contribution < 1.29 is 0 Å². The lowest BCUT2D eigenvalue weighted by atomic mass is 9.49. The maximum Gasteiger partial charge on any atom is 0.0205 e. The smallest absolute Gasteiger partial charge is 0.0205 e. The molecule has 2 aromatic rings. The van der Waals surface area contributed by atoms with Crippen molar-refractivity contribution in [3.05, 3.63) is 70.8 Å². The summed E-state index contributed by atoms with van der Waals surface area (Å²) in [7, 11) is 0. The first-order valence-corrected chi connectivity index (χ1v) is 11.3. The molecule has 1 unspecified atom stereocenters. The Bertz CT molecular complexity index is 808. The van der Waals surface area contributed by atoms with Crippen LogP contribution in [0.25, 0.3) is 0 Å². The first kappa shape index (κ1) is 19.7. The van der Waals surface area contributed by atoms with Crippen molar-refractivity contribution in [1.82, 2.24) is 5.32 Å². The first-order valence-electron chi connectivity index (χ1n) is 11.3. The minimum absolute atomic E-state index is 0.338. The van der Waals surface area contributed by atoms with Crippen molar-refractivity contribution in [2.24, 2.45) is 11.3 Å². The summed E-state index contributed by atoms with van der Waals surface area (Å²) in [5, 5.41) is 3.81. The van der Waals surface area contributed by atoms with Crippen LogP contribution in [0, 0.1) is 11.3 Å². The number of aryl methyl sites for hydroxylation is 1. The Hall–Kier alpha value is -1.60. The van der Waals surface area contributed by atoms with E-state index in [2.05, 4.69) is 81.5 Å².